The maximum absolute atomic E-state index is 13.0. The Labute approximate surface area is 151 Å². The molecule has 0 aliphatic rings. The quantitative estimate of drug-likeness (QED) is 0.641. The lowest BCUT2D eigenvalue weighted by molar-refractivity contribution is -0.137. The van der Waals surface area contributed by atoms with Crippen LogP contribution in [0.4, 0.5) is 18.9 Å². The van der Waals surface area contributed by atoms with Crippen molar-refractivity contribution in [1.82, 2.24) is 0 Å². The third-order valence-electron chi connectivity index (χ3n) is 3.23. The molecule has 2 aromatic rings. The van der Waals surface area contributed by atoms with Gasteiger partial charge in [0.05, 0.1) is 21.2 Å². The average molecular weight is 443 g/mol. The lowest BCUT2D eigenvalue weighted by atomic mass is 10.2. The summed E-state index contributed by atoms with van der Waals surface area (Å²) in [5, 5.41) is -0.483. The average Bonchev–Trinajstić information content (AvgIpc) is 2.48. The van der Waals surface area contributed by atoms with E-state index in [9.17, 15) is 21.6 Å². The highest BCUT2D eigenvalue weighted by Gasteiger charge is 2.34. The van der Waals surface area contributed by atoms with E-state index < -0.39 is 26.8 Å². The lowest BCUT2D eigenvalue weighted by Crippen LogP contribution is -2.31. The third-order valence-corrected chi connectivity index (χ3v) is 6.01. The van der Waals surface area contributed by atoms with Crippen molar-refractivity contribution in [1.29, 1.82) is 0 Å². The Balaban J connectivity index is 2.54. The third kappa shape index (κ3) is 3.87. The molecule has 130 valence electrons. The van der Waals surface area contributed by atoms with Crippen molar-refractivity contribution in [2.45, 2.75) is 18.0 Å². The molecule has 2 rings (SSSR count). The Hall–Kier alpha value is -1.25. The normalized spacial score (nSPS) is 12.2. The van der Waals surface area contributed by atoms with Gasteiger partial charge in [0, 0.05) is 11.0 Å². The van der Waals surface area contributed by atoms with Crippen molar-refractivity contribution in [3.05, 3.63) is 57.5 Å². The van der Waals surface area contributed by atoms with Crippen LogP contribution in [0.5, 0.6) is 0 Å². The van der Waals surface area contributed by atoms with Gasteiger partial charge in [-0.05, 0) is 49.4 Å². The summed E-state index contributed by atoms with van der Waals surface area (Å²) in [6.45, 7) is 1.51. The summed E-state index contributed by atoms with van der Waals surface area (Å²) >= 11 is 8.79. The van der Waals surface area contributed by atoms with Crippen LogP contribution in [0.25, 0.3) is 0 Å². The predicted molar refractivity (Wildman–Crippen MR) is 90.8 cm³/mol. The largest absolute Gasteiger partial charge is 0.417 e. The summed E-state index contributed by atoms with van der Waals surface area (Å²) in [6.07, 6.45) is -4.67. The van der Waals surface area contributed by atoms with E-state index >= 15 is 0 Å². The van der Waals surface area contributed by atoms with Crippen LogP contribution in [-0.2, 0) is 16.2 Å². The SMILES string of the molecule is CCN(c1ccc(Cl)c(C(F)(F)F)c1)S(=O)(=O)c1ccc(Br)cc1. The minimum Gasteiger partial charge on any atom is -0.267 e. The van der Waals surface area contributed by atoms with Crippen molar-refractivity contribution in [3.63, 3.8) is 0 Å². The molecule has 0 saturated carbocycles. The Bertz CT molecular complexity index is 839. The van der Waals surface area contributed by atoms with Crippen LogP contribution in [0.2, 0.25) is 5.02 Å². The molecule has 0 spiro atoms. The summed E-state index contributed by atoms with van der Waals surface area (Å²) in [5.74, 6) is 0. The fourth-order valence-corrected chi connectivity index (χ4v) is 4.07. The molecule has 0 radical (unpaired) electrons. The van der Waals surface area contributed by atoms with E-state index in [1.54, 1.807) is 12.1 Å². The van der Waals surface area contributed by atoms with Crippen LogP contribution >= 0.6 is 27.5 Å². The van der Waals surface area contributed by atoms with Gasteiger partial charge in [-0.25, -0.2) is 8.42 Å². The van der Waals surface area contributed by atoms with Crippen molar-refractivity contribution in [2.24, 2.45) is 0 Å². The first-order valence-electron chi connectivity index (χ1n) is 6.72. The Kier molecular flexibility index (Phi) is 5.51. The Morgan fingerprint density at radius 3 is 2.21 bits per heavy atom. The smallest absolute Gasteiger partial charge is 0.267 e. The fourth-order valence-electron chi connectivity index (χ4n) is 2.11. The van der Waals surface area contributed by atoms with Crippen molar-refractivity contribution in [3.8, 4) is 0 Å². The topological polar surface area (TPSA) is 37.4 Å². The number of hydrogen-bond donors (Lipinski definition) is 0. The minimum atomic E-state index is -4.67. The standard InChI is InChI=1S/C15H12BrClF3NO2S/c1-2-21(24(22,23)12-6-3-10(16)4-7-12)11-5-8-14(17)13(9-11)15(18,19)20/h3-9H,2H2,1H3. The molecule has 0 heterocycles. The molecular weight excluding hydrogens is 431 g/mol. The molecule has 0 amide bonds. The molecule has 0 N–H and O–H groups in total. The maximum Gasteiger partial charge on any atom is 0.417 e. The van der Waals surface area contributed by atoms with Gasteiger partial charge < -0.3 is 0 Å². The van der Waals surface area contributed by atoms with Crippen molar-refractivity contribution < 1.29 is 21.6 Å². The number of benzene rings is 2. The van der Waals surface area contributed by atoms with Gasteiger partial charge in [0.2, 0.25) is 0 Å². The molecular formula is C15H12BrClF3NO2S. The van der Waals surface area contributed by atoms with Crippen molar-refractivity contribution >= 4 is 43.2 Å². The van der Waals surface area contributed by atoms with E-state index in [4.69, 9.17) is 11.6 Å². The highest BCUT2D eigenvalue weighted by molar-refractivity contribution is 9.10. The molecule has 3 nitrogen and oxygen atoms in total. The summed E-state index contributed by atoms with van der Waals surface area (Å²) in [5.41, 5.74) is -1.18. The van der Waals surface area contributed by atoms with E-state index in [0.29, 0.717) is 4.47 Å². The van der Waals surface area contributed by atoms with Crippen LogP contribution in [0.3, 0.4) is 0 Å². The van der Waals surface area contributed by atoms with Gasteiger partial charge in [0.1, 0.15) is 0 Å². The molecule has 0 fully saturated rings. The molecule has 0 aliphatic heterocycles. The maximum atomic E-state index is 13.0. The monoisotopic (exact) mass is 441 g/mol. The van der Waals surface area contributed by atoms with E-state index in [1.165, 1.54) is 25.1 Å². The number of nitrogens with zero attached hydrogens (tertiary/aromatic N) is 1. The minimum absolute atomic E-state index is 0.0175. The summed E-state index contributed by atoms with van der Waals surface area (Å²) < 4.78 is 66.0. The number of hydrogen-bond acceptors (Lipinski definition) is 2. The second-order valence-electron chi connectivity index (χ2n) is 4.79. The van der Waals surface area contributed by atoms with Gasteiger partial charge in [-0.2, -0.15) is 13.2 Å². The van der Waals surface area contributed by atoms with Crippen LogP contribution in [0, 0.1) is 0 Å². The van der Waals surface area contributed by atoms with Crippen LogP contribution in [0.1, 0.15) is 12.5 Å². The molecule has 0 atom stereocenters. The first kappa shape index (κ1) is 19.1. The molecule has 2 aromatic carbocycles. The summed E-state index contributed by atoms with van der Waals surface area (Å²) in [7, 11) is -3.99. The summed E-state index contributed by atoms with van der Waals surface area (Å²) in [4.78, 5) is -0.0175. The van der Waals surface area contributed by atoms with E-state index in [0.717, 1.165) is 16.4 Å². The van der Waals surface area contributed by atoms with Crippen LogP contribution < -0.4 is 4.31 Å². The molecule has 0 aromatic heterocycles. The molecule has 0 unspecified atom stereocenters. The zero-order chi connectivity index (χ0) is 18.1. The first-order valence-corrected chi connectivity index (χ1v) is 9.33. The van der Waals surface area contributed by atoms with Gasteiger partial charge in [0.15, 0.2) is 0 Å². The van der Waals surface area contributed by atoms with Gasteiger partial charge in [-0.1, -0.05) is 27.5 Å². The number of rotatable bonds is 4. The zero-order valence-corrected chi connectivity index (χ0v) is 15.5. The van der Waals surface area contributed by atoms with E-state index in [-0.39, 0.29) is 17.1 Å². The Morgan fingerprint density at radius 1 is 1.12 bits per heavy atom. The number of alkyl halides is 3. The number of sulfonamides is 1. The summed E-state index contributed by atoms with van der Waals surface area (Å²) in [6, 6.07) is 8.87. The molecule has 0 aliphatic carbocycles. The van der Waals surface area contributed by atoms with Crippen LogP contribution in [-0.4, -0.2) is 15.0 Å². The van der Waals surface area contributed by atoms with Crippen LogP contribution in [0.15, 0.2) is 51.8 Å². The zero-order valence-electron chi connectivity index (χ0n) is 12.3. The second-order valence-corrected chi connectivity index (χ2v) is 7.97. The molecule has 24 heavy (non-hydrogen) atoms. The highest BCUT2D eigenvalue weighted by atomic mass is 79.9. The number of anilines is 1. The first-order chi connectivity index (χ1) is 11.1. The van der Waals surface area contributed by atoms with E-state index in [1.807, 2.05) is 0 Å². The van der Waals surface area contributed by atoms with Gasteiger partial charge in [0.25, 0.3) is 10.0 Å². The fraction of sp³-hybridized carbons (Fsp3) is 0.200. The molecule has 0 saturated heterocycles. The van der Waals surface area contributed by atoms with Gasteiger partial charge in [-0.15, -0.1) is 0 Å². The van der Waals surface area contributed by atoms with Gasteiger partial charge >= 0.3 is 6.18 Å². The lowest BCUT2D eigenvalue weighted by Gasteiger charge is -2.24. The second kappa shape index (κ2) is 6.93. The molecule has 0 bridgehead atoms. The van der Waals surface area contributed by atoms with Crippen molar-refractivity contribution in [2.75, 3.05) is 10.8 Å². The predicted octanol–water partition coefficient (Wildman–Crippen LogP) is 5.34. The highest BCUT2D eigenvalue weighted by Crippen LogP contribution is 2.37. The molecule has 9 heteroatoms. The van der Waals surface area contributed by atoms with E-state index in [2.05, 4.69) is 15.9 Å². The Morgan fingerprint density at radius 2 is 1.71 bits per heavy atom. The number of halogens is 5. The van der Waals surface area contributed by atoms with Gasteiger partial charge in [-0.3, -0.25) is 4.31 Å².